The van der Waals surface area contributed by atoms with Gasteiger partial charge in [-0.2, -0.15) is 0 Å². The van der Waals surface area contributed by atoms with Gasteiger partial charge in [-0.25, -0.2) is 0 Å². The zero-order chi connectivity index (χ0) is 8.55. The molecule has 4 nitrogen and oxygen atoms in total. The number of β-amino-alcohol motifs (C(OH)–C–C–N with tert-alkyl or cyclic N) is 1. The van der Waals surface area contributed by atoms with Gasteiger partial charge in [-0.05, 0) is 6.42 Å². The second kappa shape index (κ2) is 3.30. The molecule has 2 aliphatic heterocycles. The zero-order valence-electron chi connectivity index (χ0n) is 7.11. The van der Waals surface area contributed by atoms with Crippen molar-refractivity contribution in [2.75, 3.05) is 26.2 Å². The summed E-state index contributed by atoms with van der Waals surface area (Å²) in [5.74, 6) is 0.00491. The van der Waals surface area contributed by atoms with E-state index in [4.69, 9.17) is 0 Å². The highest BCUT2D eigenvalue weighted by molar-refractivity contribution is 4.87. The van der Waals surface area contributed by atoms with Crippen LogP contribution >= 0.6 is 0 Å². The molecule has 12 heavy (non-hydrogen) atoms. The highest BCUT2D eigenvalue weighted by Gasteiger charge is 2.36. The summed E-state index contributed by atoms with van der Waals surface area (Å²) in [6.45, 7) is 3.31. The third kappa shape index (κ3) is 1.35. The first-order chi connectivity index (χ1) is 5.79. The molecular formula is C8H16N2O2. The fraction of sp³-hybridized carbons (Fsp3) is 1.00. The number of nitrogens with one attached hydrogen (secondary N) is 1. The summed E-state index contributed by atoms with van der Waals surface area (Å²) in [6.07, 6.45) is 0.358. The Hall–Kier alpha value is -0.160. The summed E-state index contributed by atoms with van der Waals surface area (Å²) in [6, 6.07) is 0. The third-order valence-electron chi connectivity index (χ3n) is 2.88. The number of nitrogens with zero attached hydrogens (tertiary/aromatic N) is 1. The molecule has 0 aromatic heterocycles. The lowest BCUT2D eigenvalue weighted by Gasteiger charge is -2.38. The van der Waals surface area contributed by atoms with Crippen molar-refractivity contribution in [1.82, 2.24) is 10.2 Å². The zero-order valence-corrected chi connectivity index (χ0v) is 7.11. The molecule has 0 bridgehead atoms. The number of aliphatic hydroxyl groups is 2. The summed E-state index contributed by atoms with van der Waals surface area (Å²) in [5.41, 5.74) is 0. The lowest BCUT2D eigenvalue weighted by molar-refractivity contribution is -0.0900. The Labute approximate surface area is 72.2 Å². The van der Waals surface area contributed by atoms with Gasteiger partial charge in [0.15, 0.2) is 0 Å². The average Bonchev–Trinajstić information content (AvgIpc) is 2.31. The molecule has 0 aliphatic carbocycles. The minimum Gasteiger partial charge on any atom is -0.391 e. The monoisotopic (exact) mass is 172 g/mol. The molecule has 0 radical (unpaired) electrons. The van der Waals surface area contributed by atoms with E-state index in [1.807, 2.05) is 4.90 Å². The fourth-order valence-corrected chi connectivity index (χ4v) is 1.87. The highest BCUT2D eigenvalue weighted by Crippen LogP contribution is 2.20. The molecule has 3 atom stereocenters. The Bertz CT molecular complexity index is 161. The van der Waals surface area contributed by atoms with E-state index < -0.39 is 6.23 Å². The van der Waals surface area contributed by atoms with Gasteiger partial charge in [-0.15, -0.1) is 0 Å². The lowest BCUT2D eigenvalue weighted by atomic mass is 10.0. The van der Waals surface area contributed by atoms with Crippen LogP contribution in [0.15, 0.2) is 0 Å². The van der Waals surface area contributed by atoms with Crippen molar-refractivity contribution >= 4 is 0 Å². The van der Waals surface area contributed by atoms with Gasteiger partial charge in [-0.1, -0.05) is 0 Å². The van der Waals surface area contributed by atoms with Crippen LogP contribution in [0.4, 0.5) is 0 Å². The molecule has 3 N–H and O–H groups in total. The predicted molar refractivity (Wildman–Crippen MR) is 44.6 cm³/mol. The number of hydrogen-bond acceptors (Lipinski definition) is 4. The molecule has 4 heteroatoms. The Kier molecular flexibility index (Phi) is 2.32. The number of aliphatic hydroxyl groups excluding tert-OH is 2. The van der Waals surface area contributed by atoms with Gasteiger partial charge >= 0.3 is 0 Å². The van der Waals surface area contributed by atoms with E-state index in [2.05, 4.69) is 5.32 Å². The van der Waals surface area contributed by atoms with E-state index in [9.17, 15) is 10.2 Å². The van der Waals surface area contributed by atoms with E-state index >= 15 is 0 Å². The fourth-order valence-electron chi connectivity index (χ4n) is 1.87. The van der Waals surface area contributed by atoms with Crippen LogP contribution in [0, 0.1) is 5.92 Å². The molecule has 0 amide bonds. The molecule has 2 heterocycles. The molecule has 0 aromatic carbocycles. The van der Waals surface area contributed by atoms with Crippen LogP contribution in [0.3, 0.4) is 0 Å². The second-order valence-corrected chi connectivity index (χ2v) is 3.69. The van der Waals surface area contributed by atoms with E-state index in [-0.39, 0.29) is 12.0 Å². The van der Waals surface area contributed by atoms with Gasteiger partial charge in [0.05, 0.1) is 6.10 Å². The van der Waals surface area contributed by atoms with Crippen LogP contribution in [-0.2, 0) is 0 Å². The Morgan fingerprint density at radius 1 is 1.33 bits per heavy atom. The van der Waals surface area contributed by atoms with Crippen LogP contribution in [0.25, 0.3) is 0 Å². The van der Waals surface area contributed by atoms with E-state index in [1.54, 1.807) is 0 Å². The molecule has 0 aromatic rings. The molecule has 2 fully saturated rings. The maximum Gasteiger partial charge on any atom is 0.114 e. The molecule has 70 valence electrons. The lowest BCUT2D eigenvalue weighted by Crippen LogP contribution is -2.51. The molecular weight excluding hydrogens is 156 g/mol. The summed E-state index contributed by atoms with van der Waals surface area (Å²) >= 11 is 0. The van der Waals surface area contributed by atoms with Crippen LogP contribution in [-0.4, -0.2) is 53.6 Å². The van der Waals surface area contributed by atoms with E-state index in [1.165, 1.54) is 6.42 Å². The minimum atomic E-state index is -0.441. The van der Waals surface area contributed by atoms with Crippen LogP contribution in [0.2, 0.25) is 0 Å². The standard InChI is InChI=1S/C8H16N2O2/c11-7-5-9-4-6(7)8(12)10-2-1-3-10/h6-9,11-12H,1-5H2/t6-,7-,8?/m0/s1. The van der Waals surface area contributed by atoms with Crippen molar-refractivity contribution in [2.24, 2.45) is 5.92 Å². The topological polar surface area (TPSA) is 55.7 Å². The van der Waals surface area contributed by atoms with Gasteiger partial charge in [-0.3, -0.25) is 4.90 Å². The SMILES string of the molecule is OC([C@H]1CNC[C@@H]1O)N1CCC1. The first-order valence-electron chi connectivity index (χ1n) is 4.60. The van der Waals surface area contributed by atoms with Gasteiger partial charge in [0, 0.05) is 32.1 Å². The smallest absolute Gasteiger partial charge is 0.114 e. The molecule has 2 rings (SSSR count). The van der Waals surface area contributed by atoms with E-state index in [0.717, 1.165) is 19.6 Å². The first-order valence-corrected chi connectivity index (χ1v) is 4.60. The molecule has 2 aliphatic rings. The molecule has 0 spiro atoms. The number of rotatable bonds is 2. The van der Waals surface area contributed by atoms with Crippen LogP contribution < -0.4 is 5.32 Å². The normalized spacial score (nSPS) is 39.5. The molecule has 0 saturated carbocycles. The van der Waals surface area contributed by atoms with Gasteiger partial charge in [0.2, 0.25) is 0 Å². The highest BCUT2D eigenvalue weighted by atomic mass is 16.3. The van der Waals surface area contributed by atoms with Gasteiger partial charge in [0.25, 0.3) is 0 Å². The van der Waals surface area contributed by atoms with Crippen molar-refractivity contribution in [1.29, 1.82) is 0 Å². The van der Waals surface area contributed by atoms with Crippen molar-refractivity contribution in [2.45, 2.75) is 18.8 Å². The maximum absolute atomic E-state index is 9.77. The average molecular weight is 172 g/mol. The van der Waals surface area contributed by atoms with E-state index in [0.29, 0.717) is 6.54 Å². The quantitative estimate of drug-likeness (QED) is 0.479. The van der Waals surface area contributed by atoms with Crippen LogP contribution in [0.5, 0.6) is 0 Å². The summed E-state index contributed by atoms with van der Waals surface area (Å²) in [4.78, 5) is 2.01. The minimum absolute atomic E-state index is 0.00491. The molecule has 2 saturated heterocycles. The van der Waals surface area contributed by atoms with Crippen molar-refractivity contribution in [3.05, 3.63) is 0 Å². The largest absolute Gasteiger partial charge is 0.391 e. The number of likely N-dealkylation sites (tertiary alicyclic amines) is 1. The Morgan fingerprint density at radius 2 is 2.08 bits per heavy atom. The Morgan fingerprint density at radius 3 is 2.50 bits per heavy atom. The number of hydrogen-bond donors (Lipinski definition) is 3. The third-order valence-corrected chi connectivity index (χ3v) is 2.88. The Balaban J connectivity index is 1.89. The summed E-state index contributed by atoms with van der Waals surface area (Å²) in [5, 5.41) is 22.3. The summed E-state index contributed by atoms with van der Waals surface area (Å²) < 4.78 is 0. The van der Waals surface area contributed by atoms with Gasteiger partial charge < -0.3 is 15.5 Å². The molecule has 1 unspecified atom stereocenters. The second-order valence-electron chi connectivity index (χ2n) is 3.69. The first kappa shape index (κ1) is 8.44. The van der Waals surface area contributed by atoms with Crippen molar-refractivity contribution < 1.29 is 10.2 Å². The van der Waals surface area contributed by atoms with Gasteiger partial charge in [0.1, 0.15) is 6.23 Å². The predicted octanol–water partition coefficient (Wildman–Crippen LogP) is -1.41. The van der Waals surface area contributed by atoms with Crippen LogP contribution in [0.1, 0.15) is 6.42 Å². The van der Waals surface area contributed by atoms with Crippen molar-refractivity contribution in [3.63, 3.8) is 0 Å². The van der Waals surface area contributed by atoms with Crippen molar-refractivity contribution in [3.8, 4) is 0 Å². The summed E-state index contributed by atoms with van der Waals surface area (Å²) in [7, 11) is 0. The maximum atomic E-state index is 9.77.